The minimum Gasteiger partial charge on any atom is -0.355 e. The number of piperidine rings is 1. The van der Waals surface area contributed by atoms with Crippen LogP contribution in [0.25, 0.3) is 0 Å². The predicted octanol–water partition coefficient (Wildman–Crippen LogP) is 3.26. The largest absolute Gasteiger partial charge is 0.355 e. The third-order valence-electron chi connectivity index (χ3n) is 4.24. The lowest BCUT2D eigenvalue weighted by atomic mass is 9.94. The number of amides is 1. The maximum atomic E-state index is 12.1. The van der Waals surface area contributed by atoms with Gasteiger partial charge in [-0.05, 0) is 44.0 Å². The lowest BCUT2D eigenvalue weighted by Gasteiger charge is -2.36. The average Bonchev–Trinajstić information content (AvgIpc) is 2.54. The molecule has 2 rings (SSSR count). The van der Waals surface area contributed by atoms with Crippen LogP contribution in [0.3, 0.4) is 0 Å². The van der Waals surface area contributed by atoms with Crippen molar-refractivity contribution in [2.75, 3.05) is 26.2 Å². The molecule has 7 heteroatoms. The van der Waals surface area contributed by atoms with Crippen LogP contribution in [0.1, 0.15) is 31.4 Å². The highest BCUT2D eigenvalue weighted by molar-refractivity contribution is 6.42. The highest BCUT2D eigenvalue weighted by Crippen LogP contribution is 2.30. The van der Waals surface area contributed by atoms with Gasteiger partial charge in [0.2, 0.25) is 5.91 Å². The summed E-state index contributed by atoms with van der Waals surface area (Å²) in [5.41, 5.74) is 6.56. The van der Waals surface area contributed by atoms with E-state index < -0.39 is 0 Å². The van der Waals surface area contributed by atoms with Crippen molar-refractivity contribution in [1.29, 1.82) is 0 Å². The van der Waals surface area contributed by atoms with Crippen molar-refractivity contribution < 1.29 is 4.79 Å². The first kappa shape index (κ1) is 20.5. The van der Waals surface area contributed by atoms with Gasteiger partial charge in [-0.2, -0.15) is 0 Å². The molecule has 1 amide bonds. The quantitative estimate of drug-likeness (QED) is 0.824. The van der Waals surface area contributed by atoms with Crippen molar-refractivity contribution in [3.05, 3.63) is 33.8 Å². The number of nitrogens with one attached hydrogen (secondary N) is 1. The zero-order valence-electron chi connectivity index (χ0n) is 13.2. The molecule has 1 fully saturated rings. The highest BCUT2D eigenvalue weighted by Gasteiger charge is 2.28. The summed E-state index contributed by atoms with van der Waals surface area (Å²) in [5, 5.41) is 4.02. The molecule has 1 aromatic carbocycles. The molecule has 1 aliphatic heterocycles. The van der Waals surface area contributed by atoms with Gasteiger partial charge in [-0.3, -0.25) is 9.69 Å². The highest BCUT2D eigenvalue weighted by atomic mass is 35.5. The maximum Gasteiger partial charge on any atom is 0.224 e. The minimum atomic E-state index is 0. The molecule has 0 spiro atoms. The molecule has 0 bridgehead atoms. The van der Waals surface area contributed by atoms with Crippen molar-refractivity contribution in [2.45, 2.75) is 25.8 Å². The molecular formula is C16H24Cl3N3O. The van der Waals surface area contributed by atoms with Crippen molar-refractivity contribution in [3.63, 3.8) is 0 Å². The van der Waals surface area contributed by atoms with E-state index in [9.17, 15) is 4.79 Å². The summed E-state index contributed by atoms with van der Waals surface area (Å²) in [6.07, 6.45) is 1.95. The average molecular weight is 381 g/mol. The lowest BCUT2D eigenvalue weighted by Crippen LogP contribution is -2.44. The van der Waals surface area contributed by atoms with Crippen molar-refractivity contribution in [3.8, 4) is 0 Å². The van der Waals surface area contributed by atoms with Crippen LogP contribution in [0, 0.1) is 5.92 Å². The lowest BCUT2D eigenvalue weighted by molar-refractivity contribution is -0.126. The van der Waals surface area contributed by atoms with E-state index in [4.69, 9.17) is 28.9 Å². The van der Waals surface area contributed by atoms with Crippen molar-refractivity contribution >= 4 is 41.5 Å². The van der Waals surface area contributed by atoms with Gasteiger partial charge in [0.25, 0.3) is 0 Å². The molecule has 130 valence electrons. The van der Waals surface area contributed by atoms with E-state index in [0.29, 0.717) is 23.1 Å². The van der Waals surface area contributed by atoms with E-state index in [0.717, 1.165) is 31.5 Å². The molecule has 1 saturated heterocycles. The van der Waals surface area contributed by atoms with Gasteiger partial charge in [-0.1, -0.05) is 29.3 Å². The predicted molar refractivity (Wildman–Crippen MR) is 98.5 cm³/mol. The van der Waals surface area contributed by atoms with Crippen LogP contribution in [0.15, 0.2) is 18.2 Å². The van der Waals surface area contributed by atoms with E-state index in [1.54, 1.807) is 0 Å². The first-order valence-corrected chi connectivity index (χ1v) is 8.45. The van der Waals surface area contributed by atoms with Crippen LogP contribution in [-0.4, -0.2) is 37.0 Å². The van der Waals surface area contributed by atoms with Crippen LogP contribution in [0.4, 0.5) is 0 Å². The molecule has 0 saturated carbocycles. The van der Waals surface area contributed by atoms with Gasteiger partial charge in [0, 0.05) is 25.7 Å². The molecule has 3 N–H and O–H groups in total. The zero-order valence-corrected chi connectivity index (χ0v) is 15.6. The number of hydrogen-bond acceptors (Lipinski definition) is 3. The van der Waals surface area contributed by atoms with Gasteiger partial charge in [0.05, 0.1) is 16.0 Å². The second-order valence-electron chi connectivity index (χ2n) is 5.76. The Hall–Kier alpha value is -0.520. The number of halogens is 3. The second kappa shape index (κ2) is 9.70. The normalized spacial score (nSPS) is 19.7. The molecule has 1 heterocycles. The smallest absolute Gasteiger partial charge is 0.224 e. The van der Waals surface area contributed by atoms with E-state index in [1.807, 2.05) is 18.2 Å². The Bertz CT molecular complexity index is 527. The van der Waals surface area contributed by atoms with Crippen molar-refractivity contribution in [2.24, 2.45) is 11.7 Å². The number of nitrogens with two attached hydrogens (primary N) is 1. The first-order chi connectivity index (χ1) is 10.5. The van der Waals surface area contributed by atoms with Gasteiger partial charge in [0.15, 0.2) is 0 Å². The summed E-state index contributed by atoms with van der Waals surface area (Å²) in [6, 6.07) is 5.94. The Morgan fingerprint density at radius 1 is 1.43 bits per heavy atom. The minimum absolute atomic E-state index is 0. The van der Waals surface area contributed by atoms with Crippen LogP contribution < -0.4 is 11.1 Å². The summed E-state index contributed by atoms with van der Waals surface area (Å²) < 4.78 is 0. The summed E-state index contributed by atoms with van der Waals surface area (Å²) in [4.78, 5) is 14.5. The zero-order chi connectivity index (χ0) is 16.1. The summed E-state index contributed by atoms with van der Waals surface area (Å²) in [6.45, 7) is 4.90. The third-order valence-corrected chi connectivity index (χ3v) is 4.98. The standard InChI is InChI=1S/C16H23Cl2N3O.ClH/c1-11(12-4-5-14(17)15(18)9-12)21-8-2-3-13(10-21)16(22)20-7-6-19;/h4-5,9,11,13H,2-3,6-8,10,19H2,1H3,(H,20,22);1H. The van der Waals surface area contributed by atoms with E-state index in [1.165, 1.54) is 0 Å². The van der Waals surface area contributed by atoms with E-state index >= 15 is 0 Å². The first-order valence-electron chi connectivity index (χ1n) is 7.69. The molecule has 4 nitrogen and oxygen atoms in total. The number of rotatable bonds is 5. The van der Waals surface area contributed by atoms with Crippen molar-refractivity contribution in [1.82, 2.24) is 10.2 Å². The topological polar surface area (TPSA) is 58.4 Å². The number of hydrogen-bond donors (Lipinski definition) is 2. The van der Waals surface area contributed by atoms with Gasteiger partial charge in [-0.15, -0.1) is 12.4 Å². The second-order valence-corrected chi connectivity index (χ2v) is 6.58. The molecule has 0 radical (unpaired) electrons. The number of carbonyl (C=O) groups is 1. The fourth-order valence-electron chi connectivity index (χ4n) is 2.89. The number of likely N-dealkylation sites (tertiary alicyclic amines) is 1. The molecule has 1 aromatic rings. The summed E-state index contributed by atoms with van der Waals surface area (Å²) in [7, 11) is 0. The number of nitrogens with zero attached hydrogens (tertiary/aromatic N) is 1. The van der Waals surface area contributed by atoms with E-state index in [2.05, 4.69) is 17.1 Å². The number of benzene rings is 1. The van der Waals surface area contributed by atoms with Crippen LogP contribution in [-0.2, 0) is 4.79 Å². The van der Waals surface area contributed by atoms with Crippen LogP contribution in [0.5, 0.6) is 0 Å². The SMILES string of the molecule is CC(c1ccc(Cl)c(Cl)c1)N1CCCC(C(=O)NCCN)C1.Cl. The van der Waals surface area contributed by atoms with Crippen LogP contribution >= 0.6 is 35.6 Å². The maximum absolute atomic E-state index is 12.1. The number of carbonyl (C=O) groups excluding carboxylic acids is 1. The Balaban J connectivity index is 0.00000264. The molecule has 2 unspecified atom stereocenters. The monoisotopic (exact) mass is 379 g/mol. The molecule has 2 atom stereocenters. The molecule has 0 aromatic heterocycles. The van der Waals surface area contributed by atoms with Gasteiger partial charge in [-0.25, -0.2) is 0 Å². The molecular weight excluding hydrogens is 357 g/mol. The molecule has 0 aliphatic carbocycles. The Kier molecular flexibility index (Phi) is 8.65. The molecule has 23 heavy (non-hydrogen) atoms. The summed E-state index contributed by atoms with van der Waals surface area (Å²) >= 11 is 12.1. The Labute approximate surface area is 154 Å². The Morgan fingerprint density at radius 3 is 2.83 bits per heavy atom. The third kappa shape index (κ3) is 5.50. The van der Waals surface area contributed by atoms with Gasteiger partial charge < -0.3 is 11.1 Å². The molecule has 1 aliphatic rings. The van der Waals surface area contributed by atoms with E-state index in [-0.39, 0.29) is 30.3 Å². The van der Waals surface area contributed by atoms with Gasteiger partial charge >= 0.3 is 0 Å². The van der Waals surface area contributed by atoms with Gasteiger partial charge in [0.1, 0.15) is 0 Å². The summed E-state index contributed by atoms with van der Waals surface area (Å²) in [5.74, 6) is 0.141. The van der Waals surface area contributed by atoms with Crippen LogP contribution in [0.2, 0.25) is 10.0 Å². The fraction of sp³-hybridized carbons (Fsp3) is 0.562. The fourth-order valence-corrected chi connectivity index (χ4v) is 3.20. The Morgan fingerprint density at radius 2 is 2.17 bits per heavy atom.